The molecule has 0 heterocycles. The van der Waals surface area contributed by atoms with E-state index in [1.807, 2.05) is 6.92 Å². The van der Waals surface area contributed by atoms with Gasteiger partial charge in [0.1, 0.15) is 9.79 Å². The van der Waals surface area contributed by atoms with E-state index < -0.39 is 25.1 Å². The van der Waals surface area contributed by atoms with Crippen molar-refractivity contribution in [3.05, 3.63) is 48.0 Å². The first-order valence-corrected chi connectivity index (χ1v) is 9.10. The van der Waals surface area contributed by atoms with Crippen molar-refractivity contribution in [2.24, 2.45) is 0 Å². The largest absolute Gasteiger partial charge is 0.493 e. The first kappa shape index (κ1) is 17.3. The molecule has 0 saturated carbocycles. The van der Waals surface area contributed by atoms with Crippen LogP contribution < -0.4 is 8.92 Å². The molecule has 9 heteroatoms. The molecule has 0 aromatic heterocycles. The predicted octanol–water partition coefficient (Wildman–Crippen LogP) is 1.89. The molecule has 0 fully saturated rings. The maximum Gasteiger partial charge on any atom is 0.339 e. The van der Waals surface area contributed by atoms with Crippen molar-refractivity contribution < 1.29 is 30.3 Å². The fourth-order valence-corrected chi connectivity index (χ4v) is 3.17. The second kappa shape index (κ2) is 6.19. The molecule has 2 aromatic carbocycles. The maximum absolute atomic E-state index is 12.2. The molecule has 0 spiro atoms. The van der Waals surface area contributed by atoms with Gasteiger partial charge in [-0.15, -0.1) is 0 Å². The minimum absolute atomic E-state index is 0.0642. The molecule has 7 nitrogen and oxygen atoms in total. The highest BCUT2D eigenvalue weighted by molar-refractivity contribution is 7.87. The minimum atomic E-state index is -4.69. The molecule has 0 amide bonds. The quantitative estimate of drug-likeness (QED) is 0.756. The standard InChI is InChI=1S/C14H13O7S2/c1-10-3-5-11(6-4-10)23(18,19)21-13-8-7-12(22(15,16)17)9-14(13)20-2/h3-9H,1-2H3. The van der Waals surface area contributed by atoms with Gasteiger partial charge in [0.25, 0.3) is 0 Å². The molecule has 0 atom stereocenters. The fourth-order valence-electron chi connectivity index (χ4n) is 1.74. The average Bonchev–Trinajstić information content (AvgIpc) is 2.46. The van der Waals surface area contributed by atoms with E-state index >= 15 is 0 Å². The summed E-state index contributed by atoms with van der Waals surface area (Å²) in [6.07, 6.45) is 0. The third-order valence-electron chi connectivity index (χ3n) is 2.93. The third-order valence-corrected chi connectivity index (χ3v) is 5.01. The van der Waals surface area contributed by atoms with E-state index in [1.165, 1.54) is 19.2 Å². The van der Waals surface area contributed by atoms with E-state index in [1.54, 1.807) is 12.1 Å². The van der Waals surface area contributed by atoms with Crippen molar-refractivity contribution in [1.29, 1.82) is 0 Å². The van der Waals surface area contributed by atoms with Gasteiger partial charge in [0.2, 0.25) is 0 Å². The van der Waals surface area contributed by atoms with Gasteiger partial charge in [0.05, 0.1) is 7.11 Å². The van der Waals surface area contributed by atoms with Crippen LogP contribution in [0.25, 0.3) is 0 Å². The van der Waals surface area contributed by atoms with Crippen LogP contribution in [0.2, 0.25) is 0 Å². The monoisotopic (exact) mass is 357 g/mol. The lowest BCUT2D eigenvalue weighted by Gasteiger charge is -2.11. The fraction of sp³-hybridized carbons (Fsp3) is 0.143. The van der Waals surface area contributed by atoms with Crippen molar-refractivity contribution in [2.45, 2.75) is 16.7 Å². The number of benzene rings is 2. The molecule has 0 aliphatic heterocycles. The molecule has 2 aromatic rings. The zero-order valence-electron chi connectivity index (χ0n) is 12.2. The third kappa shape index (κ3) is 4.01. The van der Waals surface area contributed by atoms with Crippen LogP contribution in [0.4, 0.5) is 0 Å². The highest BCUT2D eigenvalue weighted by atomic mass is 32.2. The van der Waals surface area contributed by atoms with Crippen LogP contribution in [0.3, 0.4) is 0 Å². The zero-order valence-corrected chi connectivity index (χ0v) is 13.8. The van der Waals surface area contributed by atoms with E-state index in [2.05, 4.69) is 0 Å². The number of methoxy groups -OCH3 is 1. The van der Waals surface area contributed by atoms with Crippen LogP contribution in [0, 0.1) is 6.92 Å². The number of hydrogen-bond acceptors (Lipinski definition) is 6. The van der Waals surface area contributed by atoms with Crippen molar-refractivity contribution in [2.75, 3.05) is 7.11 Å². The number of ether oxygens (including phenoxy) is 1. The molecule has 0 aliphatic rings. The predicted molar refractivity (Wildman–Crippen MR) is 79.9 cm³/mol. The van der Waals surface area contributed by atoms with Gasteiger partial charge in [-0.2, -0.15) is 16.8 Å². The van der Waals surface area contributed by atoms with Gasteiger partial charge in [-0.05, 0) is 31.2 Å². The summed E-state index contributed by atoms with van der Waals surface area (Å²) in [6, 6.07) is 8.89. The Morgan fingerprint density at radius 1 is 0.826 bits per heavy atom. The van der Waals surface area contributed by atoms with E-state index in [-0.39, 0.29) is 16.4 Å². The molecule has 1 radical (unpaired) electrons. The number of aryl methyl sites for hydroxylation is 1. The first-order valence-electron chi connectivity index (χ1n) is 6.28. The Bertz CT molecular complexity index is 914. The Labute approximate surface area is 134 Å². The average molecular weight is 357 g/mol. The van der Waals surface area contributed by atoms with E-state index in [0.29, 0.717) is 0 Å². The van der Waals surface area contributed by atoms with Crippen molar-refractivity contribution in [1.82, 2.24) is 0 Å². The molecule has 23 heavy (non-hydrogen) atoms. The lowest BCUT2D eigenvalue weighted by molar-refractivity contribution is 0.387. The van der Waals surface area contributed by atoms with Crippen molar-refractivity contribution >= 4 is 20.2 Å². The Morgan fingerprint density at radius 2 is 1.39 bits per heavy atom. The van der Waals surface area contributed by atoms with Crippen molar-refractivity contribution in [3.8, 4) is 11.5 Å². The van der Waals surface area contributed by atoms with Gasteiger partial charge in [-0.1, -0.05) is 22.2 Å². The Balaban J connectivity index is 2.41. The highest BCUT2D eigenvalue weighted by Gasteiger charge is 2.21. The SMILES string of the molecule is COc1cc(S([O])(=O)=O)ccc1OS(=O)(=O)c1ccc(C)cc1. The summed E-state index contributed by atoms with van der Waals surface area (Å²) in [6.45, 7) is 1.81. The Hall–Kier alpha value is -2.10. The smallest absolute Gasteiger partial charge is 0.339 e. The van der Waals surface area contributed by atoms with Gasteiger partial charge >= 0.3 is 20.2 Å². The molecule has 123 valence electrons. The summed E-state index contributed by atoms with van der Waals surface area (Å²) in [5.41, 5.74) is 0.881. The molecule has 2 rings (SSSR count). The molecule has 0 unspecified atom stereocenters. The summed E-state index contributed by atoms with van der Waals surface area (Å²) in [5, 5.41) is 0. The van der Waals surface area contributed by atoms with Crippen LogP contribution in [0.15, 0.2) is 52.3 Å². The van der Waals surface area contributed by atoms with E-state index in [4.69, 9.17) is 8.92 Å². The number of hydrogen-bond donors (Lipinski definition) is 0. The van der Waals surface area contributed by atoms with Gasteiger partial charge in [0.15, 0.2) is 11.5 Å². The molecular weight excluding hydrogens is 344 g/mol. The first-order chi connectivity index (χ1) is 10.6. The van der Waals surface area contributed by atoms with Crippen LogP contribution >= 0.6 is 0 Å². The molecule has 0 aliphatic carbocycles. The molecule has 0 N–H and O–H groups in total. The van der Waals surface area contributed by atoms with Crippen LogP contribution in [0.5, 0.6) is 11.5 Å². The maximum atomic E-state index is 12.2. The summed E-state index contributed by atoms with van der Waals surface area (Å²) in [7, 11) is -7.61. The lowest BCUT2D eigenvalue weighted by Crippen LogP contribution is -2.10. The minimum Gasteiger partial charge on any atom is -0.493 e. The second-order valence-electron chi connectivity index (χ2n) is 4.62. The summed E-state index contributed by atoms with van der Waals surface area (Å²) in [4.78, 5) is -0.611. The topological polar surface area (TPSA) is 107 Å². The molecular formula is C14H13O7S2. The molecule has 0 saturated heterocycles. The molecule has 0 bridgehead atoms. The zero-order chi connectivity index (χ0) is 17.3. The van der Waals surface area contributed by atoms with Crippen LogP contribution in [0.1, 0.15) is 5.56 Å². The lowest BCUT2D eigenvalue weighted by atomic mass is 10.2. The normalized spacial score (nSPS) is 12.0. The Kier molecular flexibility index (Phi) is 4.64. The van der Waals surface area contributed by atoms with Crippen molar-refractivity contribution in [3.63, 3.8) is 0 Å². The highest BCUT2D eigenvalue weighted by Crippen LogP contribution is 2.32. The van der Waals surface area contributed by atoms with Gasteiger partial charge in [-0.25, -0.2) is 0 Å². The van der Waals surface area contributed by atoms with Gasteiger partial charge < -0.3 is 8.92 Å². The van der Waals surface area contributed by atoms with E-state index in [0.717, 1.165) is 23.8 Å². The summed E-state index contributed by atoms with van der Waals surface area (Å²) >= 11 is 0. The summed E-state index contributed by atoms with van der Waals surface area (Å²) < 4.78 is 67.2. The van der Waals surface area contributed by atoms with Crippen LogP contribution in [-0.4, -0.2) is 23.9 Å². The van der Waals surface area contributed by atoms with Gasteiger partial charge in [-0.3, -0.25) is 0 Å². The van der Waals surface area contributed by atoms with E-state index in [9.17, 15) is 21.4 Å². The number of rotatable bonds is 5. The Morgan fingerprint density at radius 3 is 1.91 bits per heavy atom. The van der Waals surface area contributed by atoms with Gasteiger partial charge in [0, 0.05) is 6.07 Å². The summed E-state index contributed by atoms with van der Waals surface area (Å²) in [5.74, 6) is -0.405. The van der Waals surface area contributed by atoms with Crippen LogP contribution in [-0.2, 0) is 24.8 Å². The second-order valence-corrected chi connectivity index (χ2v) is 7.54.